The molecule has 0 fully saturated rings. The number of allylic oxidation sites excluding steroid dienone is 1. The van der Waals surface area contributed by atoms with E-state index in [1.807, 2.05) is 0 Å². The van der Waals surface area contributed by atoms with Crippen LogP contribution < -0.4 is 0 Å². The molecule has 0 aliphatic heterocycles. The van der Waals surface area contributed by atoms with Gasteiger partial charge in [0.2, 0.25) is 0 Å². The van der Waals surface area contributed by atoms with Crippen LogP contribution in [-0.4, -0.2) is 4.57 Å². The second kappa shape index (κ2) is 10.4. The maximum atomic E-state index is 2.45. The number of hydrogen-bond donors (Lipinski definition) is 0. The number of nitrogens with zero attached hydrogens (tertiary/aromatic N) is 1. The van der Waals surface area contributed by atoms with Gasteiger partial charge in [-0.2, -0.15) is 0 Å². The van der Waals surface area contributed by atoms with Gasteiger partial charge in [-0.1, -0.05) is 115 Å². The molecule has 1 aromatic heterocycles. The highest BCUT2D eigenvalue weighted by molar-refractivity contribution is 6.12. The molecule has 0 unspecified atom stereocenters. The Labute approximate surface area is 263 Å². The molecule has 0 saturated heterocycles. The molecule has 1 aliphatic carbocycles. The fourth-order valence-corrected chi connectivity index (χ4v) is 7.76. The minimum atomic E-state index is 0.913. The van der Waals surface area contributed by atoms with Crippen molar-refractivity contribution in [3.8, 4) is 16.8 Å². The summed E-state index contributed by atoms with van der Waals surface area (Å²) in [6.07, 6.45) is 7.79. The van der Waals surface area contributed by atoms with Gasteiger partial charge in [0.25, 0.3) is 0 Å². The average Bonchev–Trinajstić information content (AvgIpc) is 3.43. The van der Waals surface area contributed by atoms with Crippen molar-refractivity contribution in [3.05, 3.63) is 167 Å². The molecule has 1 heteroatoms. The molecule has 0 spiro atoms. The van der Waals surface area contributed by atoms with Gasteiger partial charge in [-0.25, -0.2) is 0 Å². The third-order valence-electron chi connectivity index (χ3n) is 9.90. The lowest BCUT2D eigenvalue weighted by Gasteiger charge is -2.21. The van der Waals surface area contributed by atoms with E-state index in [1.54, 1.807) is 0 Å². The molecule has 0 N–H and O–H groups in total. The van der Waals surface area contributed by atoms with E-state index < -0.39 is 0 Å². The highest BCUT2D eigenvalue weighted by atomic mass is 15.0. The van der Waals surface area contributed by atoms with Crippen LogP contribution >= 0.6 is 0 Å². The Kier molecular flexibility index (Phi) is 5.99. The molecule has 0 amide bonds. The quantitative estimate of drug-likeness (QED) is 0.184. The van der Waals surface area contributed by atoms with E-state index in [-0.39, 0.29) is 0 Å². The lowest BCUT2D eigenvalue weighted by molar-refractivity contribution is 0.962. The van der Waals surface area contributed by atoms with Crippen molar-refractivity contribution in [2.75, 3.05) is 0 Å². The summed E-state index contributed by atoms with van der Waals surface area (Å²) < 4.78 is 2.43. The zero-order valence-electron chi connectivity index (χ0n) is 25.4. The maximum absolute atomic E-state index is 2.45. The summed E-state index contributed by atoms with van der Waals surface area (Å²) >= 11 is 0. The fraction of sp³-hybridized carbons (Fsp3) is 0.0909. The molecule has 1 aliphatic rings. The van der Waals surface area contributed by atoms with Crippen LogP contribution in [0.4, 0.5) is 0 Å². The molecular formula is C44H33N. The van der Waals surface area contributed by atoms with E-state index in [0.29, 0.717) is 0 Å². The second-order valence-electron chi connectivity index (χ2n) is 12.4. The molecule has 45 heavy (non-hydrogen) atoms. The monoisotopic (exact) mass is 575 g/mol. The van der Waals surface area contributed by atoms with Crippen LogP contribution in [0.1, 0.15) is 34.2 Å². The molecule has 9 rings (SSSR count). The summed E-state index contributed by atoms with van der Waals surface area (Å²) in [5.74, 6) is 0. The van der Waals surface area contributed by atoms with E-state index in [2.05, 4.69) is 157 Å². The summed E-state index contributed by atoms with van der Waals surface area (Å²) in [6, 6.07) is 49.5. The summed E-state index contributed by atoms with van der Waals surface area (Å²) in [5, 5.41) is 7.87. The molecule has 0 saturated carbocycles. The van der Waals surface area contributed by atoms with Crippen LogP contribution in [0.5, 0.6) is 0 Å². The van der Waals surface area contributed by atoms with E-state index in [0.717, 1.165) is 19.3 Å². The van der Waals surface area contributed by atoms with Crippen molar-refractivity contribution in [2.45, 2.75) is 26.2 Å². The van der Waals surface area contributed by atoms with Crippen molar-refractivity contribution >= 4 is 49.4 Å². The molecular weight excluding hydrogens is 542 g/mol. The predicted molar refractivity (Wildman–Crippen MR) is 193 cm³/mol. The average molecular weight is 576 g/mol. The summed E-state index contributed by atoms with van der Waals surface area (Å²) in [4.78, 5) is 0. The first-order valence-corrected chi connectivity index (χ1v) is 16.0. The zero-order valence-corrected chi connectivity index (χ0v) is 25.4. The van der Waals surface area contributed by atoms with Crippen LogP contribution in [0.15, 0.2) is 140 Å². The van der Waals surface area contributed by atoms with Gasteiger partial charge in [-0.3, -0.25) is 0 Å². The van der Waals surface area contributed by atoms with E-state index in [4.69, 9.17) is 0 Å². The smallest absolute Gasteiger partial charge is 0.0541 e. The minimum absolute atomic E-state index is 0.913. The maximum Gasteiger partial charge on any atom is 0.0541 e. The normalized spacial score (nSPS) is 12.8. The van der Waals surface area contributed by atoms with Gasteiger partial charge >= 0.3 is 0 Å². The summed E-state index contributed by atoms with van der Waals surface area (Å²) in [6.45, 7) is 2.22. The van der Waals surface area contributed by atoms with E-state index in [1.165, 1.54) is 88.0 Å². The lowest BCUT2D eigenvalue weighted by atomic mass is 9.83. The van der Waals surface area contributed by atoms with Crippen LogP contribution in [0, 0.1) is 6.92 Å². The van der Waals surface area contributed by atoms with Crippen LogP contribution in [-0.2, 0) is 12.8 Å². The first kappa shape index (κ1) is 26.0. The van der Waals surface area contributed by atoms with Crippen molar-refractivity contribution in [2.24, 2.45) is 0 Å². The van der Waals surface area contributed by atoms with Crippen molar-refractivity contribution in [1.29, 1.82) is 0 Å². The molecule has 8 aromatic rings. The highest BCUT2D eigenvalue weighted by Crippen LogP contribution is 2.39. The van der Waals surface area contributed by atoms with E-state index in [9.17, 15) is 0 Å². The number of benzene rings is 7. The Bertz CT molecular complexity index is 2420. The Morgan fingerprint density at radius 1 is 0.578 bits per heavy atom. The topological polar surface area (TPSA) is 4.93 Å². The third-order valence-corrected chi connectivity index (χ3v) is 9.90. The summed E-state index contributed by atoms with van der Waals surface area (Å²) in [5.41, 5.74) is 13.4. The molecule has 1 nitrogen and oxygen atoms in total. The largest absolute Gasteiger partial charge is 0.309 e. The first-order chi connectivity index (χ1) is 22.2. The van der Waals surface area contributed by atoms with Crippen LogP contribution in [0.2, 0.25) is 0 Å². The molecule has 1 heterocycles. The number of fused-ring (bicyclic) bond motifs is 7. The SMILES string of the molecule is Cc1ccccc1-c1ccccc1Cc1c2c(cc3c1ccc1ccc(-n4c5ccccc5c5ccccc54)cc13)C=CCC2. The van der Waals surface area contributed by atoms with Gasteiger partial charge in [-0.05, 0) is 117 Å². The Hall–Kier alpha value is -5.40. The van der Waals surface area contributed by atoms with Gasteiger partial charge in [0.1, 0.15) is 0 Å². The van der Waals surface area contributed by atoms with Crippen molar-refractivity contribution in [1.82, 2.24) is 4.57 Å². The number of para-hydroxylation sites is 2. The molecule has 0 atom stereocenters. The van der Waals surface area contributed by atoms with Crippen LogP contribution in [0.3, 0.4) is 0 Å². The Morgan fingerprint density at radius 3 is 2.07 bits per heavy atom. The Balaban J connectivity index is 1.29. The van der Waals surface area contributed by atoms with Crippen LogP contribution in [0.25, 0.3) is 66.2 Å². The molecule has 0 radical (unpaired) electrons. The number of hydrogen-bond acceptors (Lipinski definition) is 0. The van der Waals surface area contributed by atoms with Crippen molar-refractivity contribution < 1.29 is 0 Å². The number of aromatic nitrogens is 1. The van der Waals surface area contributed by atoms with Gasteiger partial charge < -0.3 is 4.57 Å². The van der Waals surface area contributed by atoms with Gasteiger partial charge in [0.05, 0.1) is 11.0 Å². The fourth-order valence-electron chi connectivity index (χ4n) is 7.76. The van der Waals surface area contributed by atoms with Crippen molar-refractivity contribution in [3.63, 3.8) is 0 Å². The van der Waals surface area contributed by atoms with Gasteiger partial charge in [-0.15, -0.1) is 0 Å². The second-order valence-corrected chi connectivity index (χ2v) is 12.4. The number of rotatable bonds is 4. The van der Waals surface area contributed by atoms with Gasteiger partial charge in [0.15, 0.2) is 0 Å². The lowest BCUT2D eigenvalue weighted by Crippen LogP contribution is -2.04. The minimum Gasteiger partial charge on any atom is -0.309 e. The zero-order chi connectivity index (χ0) is 29.9. The standard InChI is InChI=1S/C44H33N/c1-29-12-2-5-15-34(29)35-16-6-3-13-31(35)26-41-36-17-7-4-14-32(36)27-42-37(41)25-23-30-22-24-33(28-40(30)42)45-43-20-10-8-18-38(43)39-19-9-11-21-44(39)45/h2-6,8-16,18-25,27-28H,7,17,26H2,1H3. The molecule has 214 valence electrons. The first-order valence-electron chi connectivity index (χ1n) is 16.0. The third kappa shape index (κ3) is 4.15. The van der Waals surface area contributed by atoms with E-state index >= 15 is 0 Å². The van der Waals surface area contributed by atoms with Gasteiger partial charge in [0, 0.05) is 16.5 Å². The highest BCUT2D eigenvalue weighted by Gasteiger charge is 2.19. The Morgan fingerprint density at radius 2 is 1.27 bits per heavy atom. The molecule has 0 bridgehead atoms. The molecule has 7 aromatic carbocycles. The predicted octanol–water partition coefficient (Wildman–Crippen LogP) is 11.6. The summed E-state index contributed by atoms with van der Waals surface area (Å²) in [7, 11) is 0. The number of aryl methyl sites for hydroxylation is 1.